The highest BCUT2D eigenvalue weighted by molar-refractivity contribution is 5.91. The van der Waals surface area contributed by atoms with E-state index in [1.165, 1.54) is 18.4 Å². The average molecular weight is 375 g/mol. The first-order chi connectivity index (χ1) is 13.6. The molecule has 0 aliphatic heterocycles. The summed E-state index contributed by atoms with van der Waals surface area (Å²) in [6.45, 7) is 3.74. The number of carbonyl (C=O) groups is 1. The molecule has 0 aliphatic rings. The van der Waals surface area contributed by atoms with Gasteiger partial charge in [-0.15, -0.1) is 0 Å². The van der Waals surface area contributed by atoms with Crippen molar-refractivity contribution in [2.75, 3.05) is 0 Å². The largest absolute Gasteiger partial charge is 0.454 e. The molecule has 0 amide bonds. The number of aryl methyl sites for hydroxylation is 1. The zero-order valence-corrected chi connectivity index (χ0v) is 15.4. The summed E-state index contributed by atoms with van der Waals surface area (Å²) >= 11 is 0. The Morgan fingerprint density at radius 1 is 1.18 bits per heavy atom. The summed E-state index contributed by atoms with van der Waals surface area (Å²) in [4.78, 5) is 28.8. The molecule has 28 heavy (non-hydrogen) atoms. The maximum absolute atomic E-state index is 12.5. The van der Waals surface area contributed by atoms with Crippen molar-refractivity contribution in [1.82, 2.24) is 4.98 Å². The molecule has 0 saturated carbocycles. The minimum Gasteiger partial charge on any atom is -0.454 e. The number of para-hydroxylation sites is 1. The molecule has 3 aromatic heterocycles. The van der Waals surface area contributed by atoms with E-state index < -0.39 is 11.6 Å². The molecular weight excluding hydrogens is 358 g/mol. The lowest BCUT2D eigenvalue weighted by Gasteiger charge is -2.14. The number of hydrogen-bond donors (Lipinski definition) is 0. The number of nitrogens with zero attached hydrogens (tertiary/aromatic N) is 1. The zero-order chi connectivity index (χ0) is 19.7. The molecule has 6 nitrogen and oxygen atoms in total. The van der Waals surface area contributed by atoms with Crippen LogP contribution in [-0.2, 0) is 6.42 Å². The Bertz CT molecular complexity index is 1200. The molecule has 0 radical (unpaired) electrons. The first-order valence-corrected chi connectivity index (χ1v) is 8.86. The molecule has 4 aromatic rings. The van der Waals surface area contributed by atoms with Gasteiger partial charge < -0.3 is 13.6 Å². The van der Waals surface area contributed by atoms with E-state index in [4.69, 9.17) is 13.6 Å². The monoisotopic (exact) mass is 375 g/mol. The van der Waals surface area contributed by atoms with Gasteiger partial charge in [-0.2, -0.15) is 0 Å². The van der Waals surface area contributed by atoms with Crippen LogP contribution in [0.25, 0.3) is 22.4 Å². The molecule has 4 rings (SSSR count). The summed E-state index contributed by atoms with van der Waals surface area (Å²) in [5.74, 6) is 0.199. The summed E-state index contributed by atoms with van der Waals surface area (Å²) in [6, 6.07) is 12.4. The zero-order valence-electron chi connectivity index (χ0n) is 15.4. The van der Waals surface area contributed by atoms with Crippen LogP contribution in [0.5, 0.6) is 5.75 Å². The molecule has 0 atom stereocenters. The summed E-state index contributed by atoms with van der Waals surface area (Å²) < 4.78 is 16.3. The lowest BCUT2D eigenvalue weighted by Crippen LogP contribution is -2.19. The molecule has 0 fully saturated rings. The quantitative estimate of drug-likeness (QED) is 0.487. The predicted molar refractivity (Wildman–Crippen MR) is 103 cm³/mol. The Labute approximate surface area is 160 Å². The second kappa shape index (κ2) is 7.15. The summed E-state index contributed by atoms with van der Waals surface area (Å²) in [5, 5.41) is 0.961. The molecule has 0 saturated heterocycles. The number of rotatable bonds is 4. The highest BCUT2D eigenvalue weighted by Crippen LogP contribution is 2.35. The fourth-order valence-corrected chi connectivity index (χ4v) is 3.09. The van der Waals surface area contributed by atoms with Gasteiger partial charge in [-0.05, 0) is 37.6 Å². The van der Waals surface area contributed by atoms with Crippen LogP contribution in [-0.4, -0.2) is 11.0 Å². The van der Waals surface area contributed by atoms with E-state index in [2.05, 4.69) is 4.98 Å². The van der Waals surface area contributed by atoms with Gasteiger partial charge in [0.25, 0.3) is 0 Å². The van der Waals surface area contributed by atoms with E-state index in [1.807, 2.05) is 37.3 Å². The standard InChI is InChI=1S/C22H17NO5/c1-3-15-19(18-11-14-7-4-5-9-17(14)27-18)23-12-13(2)20(15)28-22(25)16-8-6-10-26-21(16)24/h4-12H,3H2,1-2H3. The van der Waals surface area contributed by atoms with Gasteiger partial charge in [0.05, 0.1) is 6.26 Å². The van der Waals surface area contributed by atoms with Crippen molar-refractivity contribution >= 4 is 16.9 Å². The highest BCUT2D eigenvalue weighted by atomic mass is 16.5. The van der Waals surface area contributed by atoms with Crippen molar-refractivity contribution in [3.63, 3.8) is 0 Å². The fourth-order valence-electron chi connectivity index (χ4n) is 3.09. The van der Waals surface area contributed by atoms with Gasteiger partial charge >= 0.3 is 11.6 Å². The number of furan rings is 1. The van der Waals surface area contributed by atoms with Crippen LogP contribution in [0.3, 0.4) is 0 Å². The third-order valence-electron chi connectivity index (χ3n) is 4.47. The molecule has 0 N–H and O–H groups in total. The molecule has 0 spiro atoms. The van der Waals surface area contributed by atoms with Crippen LogP contribution in [0.2, 0.25) is 0 Å². The smallest absolute Gasteiger partial charge is 0.351 e. The maximum atomic E-state index is 12.5. The molecule has 1 aromatic carbocycles. The number of carbonyl (C=O) groups excluding carboxylic acids is 1. The lowest BCUT2D eigenvalue weighted by molar-refractivity contribution is 0.0727. The number of esters is 1. The molecule has 6 heteroatoms. The van der Waals surface area contributed by atoms with Crippen molar-refractivity contribution in [1.29, 1.82) is 0 Å². The third-order valence-corrected chi connectivity index (χ3v) is 4.47. The number of hydrogen-bond acceptors (Lipinski definition) is 6. The normalized spacial score (nSPS) is 10.9. The van der Waals surface area contributed by atoms with Crippen LogP contribution in [0, 0.1) is 6.92 Å². The van der Waals surface area contributed by atoms with Gasteiger partial charge in [-0.25, -0.2) is 9.59 Å². The molecule has 0 unspecified atom stereocenters. The Balaban J connectivity index is 1.80. The topological polar surface area (TPSA) is 82.5 Å². The van der Waals surface area contributed by atoms with Gasteiger partial charge in [0, 0.05) is 22.7 Å². The highest BCUT2D eigenvalue weighted by Gasteiger charge is 2.21. The number of aromatic nitrogens is 1. The summed E-state index contributed by atoms with van der Waals surface area (Å²) in [5.41, 5.74) is 1.87. The van der Waals surface area contributed by atoms with Gasteiger partial charge in [0.15, 0.2) is 5.76 Å². The number of pyridine rings is 1. The van der Waals surface area contributed by atoms with Crippen molar-refractivity contribution in [2.45, 2.75) is 20.3 Å². The van der Waals surface area contributed by atoms with Gasteiger partial charge in [-0.3, -0.25) is 4.98 Å². The van der Waals surface area contributed by atoms with Crippen molar-refractivity contribution in [3.05, 3.63) is 82.0 Å². The van der Waals surface area contributed by atoms with Crippen LogP contribution < -0.4 is 10.4 Å². The van der Waals surface area contributed by atoms with Crippen LogP contribution >= 0.6 is 0 Å². The van der Waals surface area contributed by atoms with Crippen molar-refractivity contribution in [2.24, 2.45) is 0 Å². The third kappa shape index (κ3) is 3.09. The van der Waals surface area contributed by atoms with E-state index in [9.17, 15) is 9.59 Å². The molecule has 3 heterocycles. The van der Waals surface area contributed by atoms with E-state index in [0.717, 1.165) is 16.5 Å². The minimum absolute atomic E-state index is 0.161. The fraction of sp³-hybridized carbons (Fsp3) is 0.136. The SMILES string of the molecule is CCc1c(-c2cc3ccccc3o2)ncc(C)c1OC(=O)c1cccoc1=O. The number of ether oxygens (including phenoxy) is 1. The lowest BCUT2D eigenvalue weighted by atomic mass is 10.0. The van der Waals surface area contributed by atoms with Gasteiger partial charge in [0.2, 0.25) is 0 Å². The first-order valence-electron chi connectivity index (χ1n) is 8.86. The molecule has 0 aliphatic carbocycles. The van der Waals surface area contributed by atoms with Crippen LogP contribution in [0.4, 0.5) is 0 Å². The van der Waals surface area contributed by atoms with E-state index in [-0.39, 0.29) is 5.56 Å². The van der Waals surface area contributed by atoms with Gasteiger partial charge in [-0.1, -0.05) is 25.1 Å². The Morgan fingerprint density at radius 3 is 2.75 bits per heavy atom. The Morgan fingerprint density at radius 2 is 2.00 bits per heavy atom. The number of benzene rings is 1. The first kappa shape index (κ1) is 17.7. The summed E-state index contributed by atoms with van der Waals surface area (Å²) in [7, 11) is 0. The predicted octanol–water partition coefficient (Wildman–Crippen LogP) is 4.54. The van der Waals surface area contributed by atoms with Crippen LogP contribution in [0.15, 0.2) is 68.6 Å². The van der Waals surface area contributed by atoms with Crippen molar-refractivity contribution < 1.29 is 18.4 Å². The average Bonchev–Trinajstić information content (AvgIpc) is 3.13. The van der Waals surface area contributed by atoms with Crippen molar-refractivity contribution in [3.8, 4) is 17.2 Å². The van der Waals surface area contributed by atoms with E-state index >= 15 is 0 Å². The molecular formula is C22H17NO5. The van der Waals surface area contributed by atoms with E-state index in [0.29, 0.717) is 29.2 Å². The Kier molecular flexibility index (Phi) is 4.53. The Hall–Kier alpha value is -3.67. The second-order valence-electron chi connectivity index (χ2n) is 6.30. The van der Waals surface area contributed by atoms with Gasteiger partial charge in [0.1, 0.15) is 22.6 Å². The van der Waals surface area contributed by atoms with E-state index in [1.54, 1.807) is 13.1 Å². The number of fused-ring (bicyclic) bond motifs is 1. The van der Waals surface area contributed by atoms with Crippen LogP contribution in [0.1, 0.15) is 28.4 Å². The molecule has 0 bridgehead atoms. The second-order valence-corrected chi connectivity index (χ2v) is 6.30. The minimum atomic E-state index is -0.770. The summed E-state index contributed by atoms with van der Waals surface area (Å²) in [6.07, 6.45) is 3.40. The molecule has 140 valence electrons. The maximum Gasteiger partial charge on any atom is 0.351 e.